The van der Waals surface area contributed by atoms with Gasteiger partial charge in [0.15, 0.2) is 0 Å². The van der Waals surface area contributed by atoms with Gasteiger partial charge in [-0.2, -0.15) is 9.57 Å². The second-order valence-corrected chi connectivity index (χ2v) is 13.1. The lowest BCUT2D eigenvalue weighted by Crippen LogP contribution is -2.32. The van der Waals surface area contributed by atoms with Crippen LogP contribution in [0, 0.1) is 24.2 Å². The number of aromatic nitrogens is 1. The number of hydrogen-bond donors (Lipinski definition) is 0. The first-order valence-corrected chi connectivity index (χ1v) is 16.4. The van der Waals surface area contributed by atoms with Crippen molar-refractivity contribution in [3.05, 3.63) is 64.2 Å². The van der Waals surface area contributed by atoms with Crippen LogP contribution in [0.2, 0.25) is 0 Å². The molecule has 0 atom stereocenters. The van der Waals surface area contributed by atoms with Crippen molar-refractivity contribution >= 4 is 33.3 Å². The number of sulfonamides is 1. The van der Waals surface area contributed by atoms with Crippen molar-refractivity contribution in [1.29, 1.82) is 5.26 Å². The number of carbonyl (C=O) groups excluding carboxylic acids is 2. The summed E-state index contributed by atoms with van der Waals surface area (Å²) < 4.78 is 43.5. The predicted molar refractivity (Wildman–Crippen MR) is 164 cm³/mol. The summed E-state index contributed by atoms with van der Waals surface area (Å²) >= 11 is 1.14. The second kappa shape index (κ2) is 15.6. The minimum Gasteiger partial charge on any atom is -0.492 e. The van der Waals surface area contributed by atoms with Crippen molar-refractivity contribution in [1.82, 2.24) is 9.29 Å². The van der Waals surface area contributed by atoms with Gasteiger partial charge in [0.2, 0.25) is 10.0 Å². The Kier molecular flexibility index (Phi) is 12.2. The number of aryl methyl sites for hydroxylation is 1. The fraction of sp³-hybridized carbons (Fsp3) is 0.419. The Hall–Kier alpha value is -3.79. The summed E-state index contributed by atoms with van der Waals surface area (Å²) in [5.74, 6) is -0.457. The third kappa shape index (κ3) is 8.86. The Bertz CT molecular complexity index is 1550. The van der Waals surface area contributed by atoms with E-state index >= 15 is 0 Å². The lowest BCUT2D eigenvalue weighted by Gasteiger charge is -2.21. The fourth-order valence-electron chi connectivity index (χ4n) is 4.02. The van der Waals surface area contributed by atoms with Gasteiger partial charge in [0, 0.05) is 18.7 Å². The fourth-order valence-corrected chi connectivity index (χ4v) is 6.60. The zero-order chi connectivity index (χ0) is 31.6. The van der Waals surface area contributed by atoms with E-state index < -0.39 is 22.0 Å². The van der Waals surface area contributed by atoms with E-state index in [-0.39, 0.29) is 23.7 Å². The van der Waals surface area contributed by atoms with Gasteiger partial charge in [0.25, 0.3) is 0 Å². The molecule has 10 nitrogen and oxygen atoms in total. The molecule has 0 amide bonds. The topological polar surface area (TPSA) is 136 Å². The summed E-state index contributed by atoms with van der Waals surface area (Å²) in [5, 5.41) is 10.1. The Morgan fingerprint density at radius 3 is 2.21 bits per heavy atom. The van der Waals surface area contributed by atoms with Crippen molar-refractivity contribution in [2.75, 3.05) is 32.9 Å². The molecular weight excluding hydrogens is 590 g/mol. The molecule has 0 unspecified atom stereocenters. The monoisotopic (exact) mass is 627 g/mol. The molecule has 1 aromatic heterocycles. The van der Waals surface area contributed by atoms with Gasteiger partial charge >= 0.3 is 11.9 Å². The molecule has 0 fully saturated rings. The standard InChI is InChI=1S/C31H37N3O7S2/c1-6-14-34(15-7-2)43(37,38)26-11-8-23(9-12-26)30(35)39-16-17-40-31(36)28-22(5)33-29(42-28)24-10-13-27(25(18-24)19-32)41-20-21(3)4/h8-13,18,21H,6-7,14-17,20H2,1-5H3. The number of esters is 2. The molecule has 1 heterocycles. The summed E-state index contributed by atoms with van der Waals surface area (Å²) in [4.78, 5) is 30.0. The smallest absolute Gasteiger partial charge is 0.350 e. The summed E-state index contributed by atoms with van der Waals surface area (Å²) in [5.41, 5.74) is 1.72. The molecule has 0 aliphatic carbocycles. The summed E-state index contributed by atoms with van der Waals surface area (Å²) in [7, 11) is -3.66. The van der Waals surface area contributed by atoms with Gasteiger partial charge in [-0.3, -0.25) is 0 Å². The molecule has 0 bridgehead atoms. The van der Waals surface area contributed by atoms with Crippen LogP contribution in [0.15, 0.2) is 47.4 Å². The Morgan fingerprint density at radius 2 is 1.63 bits per heavy atom. The molecule has 12 heteroatoms. The number of benzene rings is 2. The van der Waals surface area contributed by atoms with Gasteiger partial charge in [-0.1, -0.05) is 27.7 Å². The Morgan fingerprint density at radius 1 is 1.00 bits per heavy atom. The molecule has 2 aromatic carbocycles. The van der Waals surface area contributed by atoms with Gasteiger partial charge in [-0.25, -0.2) is 23.0 Å². The van der Waals surface area contributed by atoms with E-state index in [1.165, 1.54) is 28.6 Å². The molecule has 3 aromatic rings. The average Bonchev–Trinajstić information content (AvgIpc) is 3.39. The number of rotatable bonds is 15. The van der Waals surface area contributed by atoms with Crippen molar-refractivity contribution in [3.63, 3.8) is 0 Å². The van der Waals surface area contributed by atoms with Gasteiger partial charge in [-0.15, -0.1) is 11.3 Å². The summed E-state index contributed by atoms with van der Waals surface area (Å²) in [6.45, 7) is 10.5. The highest BCUT2D eigenvalue weighted by Crippen LogP contribution is 2.32. The zero-order valence-electron chi connectivity index (χ0n) is 25.1. The molecule has 0 saturated carbocycles. The van der Waals surface area contributed by atoms with Crippen molar-refractivity contribution in [3.8, 4) is 22.4 Å². The van der Waals surface area contributed by atoms with Gasteiger partial charge in [0.1, 0.15) is 34.9 Å². The van der Waals surface area contributed by atoms with Gasteiger partial charge in [-0.05, 0) is 68.1 Å². The number of carbonyl (C=O) groups is 2. The summed E-state index contributed by atoms with van der Waals surface area (Å²) in [6.07, 6.45) is 1.40. The van der Waals surface area contributed by atoms with Crippen molar-refractivity contribution in [2.24, 2.45) is 5.92 Å². The molecule has 0 radical (unpaired) electrons. The largest absolute Gasteiger partial charge is 0.492 e. The minimum absolute atomic E-state index is 0.110. The average molecular weight is 628 g/mol. The van der Waals surface area contributed by atoms with Crippen LogP contribution in [-0.2, 0) is 19.5 Å². The van der Waals surface area contributed by atoms with E-state index in [1.54, 1.807) is 25.1 Å². The lowest BCUT2D eigenvalue weighted by atomic mass is 10.1. The van der Waals surface area contributed by atoms with Gasteiger partial charge in [0.05, 0.1) is 28.3 Å². The third-order valence-electron chi connectivity index (χ3n) is 6.12. The van der Waals surface area contributed by atoms with Gasteiger partial charge < -0.3 is 14.2 Å². The van der Waals surface area contributed by atoms with Crippen molar-refractivity contribution in [2.45, 2.75) is 52.4 Å². The first-order valence-electron chi connectivity index (χ1n) is 14.1. The number of thiazole rings is 1. The maximum absolute atomic E-state index is 12.9. The molecule has 0 aliphatic rings. The zero-order valence-corrected chi connectivity index (χ0v) is 26.7. The molecule has 230 valence electrons. The first-order chi connectivity index (χ1) is 20.5. The highest BCUT2D eigenvalue weighted by atomic mass is 32.2. The summed E-state index contributed by atoms with van der Waals surface area (Å²) in [6, 6.07) is 12.9. The molecule has 0 N–H and O–H groups in total. The Labute approximate surface area is 257 Å². The van der Waals surface area contributed by atoms with Crippen LogP contribution >= 0.6 is 11.3 Å². The third-order valence-corrected chi connectivity index (χ3v) is 9.22. The molecule has 43 heavy (non-hydrogen) atoms. The van der Waals surface area contributed by atoms with E-state index in [1.807, 2.05) is 27.7 Å². The highest BCUT2D eigenvalue weighted by molar-refractivity contribution is 7.89. The number of nitriles is 1. The number of nitrogens with zero attached hydrogens (tertiary/aromatic N) is 3. The van der Waals surface area contributed by atoms with Crippen LogP contribution in [0.25, 0.3) is 10.6 Å². The first kappa shape index (κ1) is 33.7. The second-order valence-electron chi connectivity index (χ2n) is 10.2. The number of hydrogen-bond acceptors (Lipinski definition) is 10. The van der Waals surface area contributed by atoms with E-state index in [0.29, 0.717) is 70.9 Å². The van der Waals surface area contributed by atoms with E-state index in [9.17, 15) is 23.3 Å². The van der Waals surface area contributed by atoms with Crippen LogP contribution in [0.3, 0.4) is 0 Å². The van der Waals surface area contributed by atoms with Crippen LogP contribution in [-0.4, -0.2) is 62.6 Å². The van der Waals surface area contributed by atoms with Crippen LogP contribution < -0.4 is 4.74 Å². The molecule has 0 spiro atoms. The molecule has 0 saturated heterocycles. The number of ether oxygens (including phenoxy) is 3. The maximum atomic E-state index is 12.9. The van der Waals surface area contributed by atoms with E-state index in [4.69, 9.17) is 14.2 Å². The van der Waals surface area contributed by atoms with E-state index in [0.717, 1.165) is 11.3 Å². The molecule has 3 rings (SSSR count). The Balaban J connectivity index is 1.56. The minimum atomic E-state index is -3.66. The van der Waals surface area contributed by atoms with Crippen molar-refractivity contribution < 1.29 is 32.2 Å². The van der Waals surface area contributed by atoms with Crippen LogP contribution in [0.4, 0.5) is 0 Å². The van der Waals surface area contributed by atoms with Crippen LogP contribution in [0.5, 0.6) is 5.75 Å². The predicted octanol–water partition coefficient (Wildman–Crippen LogP) is 5.85. The lowest BCUT2D eigenvalue weighted by molar-refractivity contribution is 0.0268. The normalized spacial score (nSPS) is 11.4. The quantitative estimate of drug-likeness (QED) is 0.150. The van der Waals surface area contributed by atoms with E-state index in [2.05, 4.69) is 11.1 Å². The van der Waals surface area contributed by atoms with Crippen LogP contribution in [0.1, 0.15) is 71.8 Å². The highest BCUT2D eigenvalue weighted by Gasteiger charge is 2.24. The maximum Gasteiger partial charge on any atom is 0.350 e. The molecule has 0 aliphatic heterocycles. The molecular formula is C31H37N3O7S2. The SMILES string of the molecule is CCCN(CCC)S(=O)(=O)c1ccc(C(=O)OCCOC(=O)c2sc(-c3ccc(OCC(C)C)c(C#N)c3)nc2C)cc1.